The number of nitrogens with zero attached hydrogens (tertiary/aromatic N) is 1. The number of ether oxygens (including phenoxy) is 1. The summed E-state index contributed by atoms with van der Waals surface area (Å²) < 4.78 is 43.3. The van der Waals surface area contributed by atoms with E-state index in [4.69, 9.17) is 16.3 Å². The van der Waals surface area contributed by atoms with Crippen LogP contribution in [0.1, 0.15) is 18.5 Å². The Kier molecular flexibility index (Phi) is 5.24. The normalized spacial score (nSPS) is 30.5. The SMILES string of the molecule is CC1C(C(=O)N2CCOC(C(F)(F)F)C2)NNC1c1ccc(Cl)cc1. The van der Waals surface area contributed by atoms with E-state index in [0.29, 0.717) is 5.02 Å². The van der Waals surface area contributed by atoms with Crippen LogP contribution in [0.15, 0.2) is 24.3 Å². The van der Waals surface area contributed by atoms with Gasteiger partial charge < -0.3 is 9.64 Å². The third-order valence-corrected chi connectivity index (χ3v) is 4.94. The summed E-state index contributed by atoms with van der Waals surface area (Å²) in [7, 11) is 0. The molecular weight excluding hydrogens is 359 g/mol. The molecule has 1 aromatic carbocycles. The summed E-state index contributed by atoms with van der Waals surface area (Å²) in [6, 6.07) is 6.50. The van der Waals surface area contributed by atoms with Gasteiger partial charge in [-0.1, -0.05) is 30.7 Å². The van der Waals surface area contributed by atoms with E-state index in [9.17, 15) is 18.0 Å². The molecule has 2 aliphatic rings. The van der Waals surface area contributed by atoms with Gasteiger partial charge in [0, 0.05) is 17.5 Å². The number of nitrogens with one attached hydrogen (secondary N) is 2. The Morgan fingerprint density at radius 2 is 1.96 bits per heavy atom. The van der Waals surface area contributed by atoms with E-state index in [1.54, 1.807) is 12.1 Å². The number of halogens is 4. The molecule has 9 heteroatoms. The number of alkyl halides is 3. The number of carbonyl (C=O) groups excluding carboxylic acids is 1. The van der Waals surface area contributed by atoms with Crippen molar-refractivity contribution in [3.63, 3.8) is 0 Å². The molecule has 5 nitrogen and oxygen atoms in total. The van der Waals surface area contributed by atoms with Crippen LogP contribution in [0.3, 0.4) is 0 Å². The minimum absolute atomic E-state index is 0.120. The van der Waals surface area contributed by atoms with Crippen molar-refractivity contribution in [1.29, 1.82) is 0 Å². The maximum Gasteiger partial charge on any atom is 0.416 e. The van der Waals surface area contributed by atoms with Gasteiger partial charge in [0.25, 0.3) is 0 Å². The van der Waals surface area contributed by atoms with Gasteiger partial charge in [0.05, 0.1) is 19.2 Å². The van der Waals surface area contributed by atoms with Gasteiger partial charge in [-0.3, -0.25) is 4.79 Å². The van der Waals surface area contributed by atoms with Gasteiger partial charge in [-0.15, -0.1) is 0 Å². The molecule has 0 bridgehead atoms. The minimum Gasteiger partial charge on any atom is -0.365 e. The summed E-state index contributed by atoms with van der Waals surface area (Å²) in [5.41, 5.74) is 6.94. The Hall–Kier alpha value is -1.35. The van der Waals surface area contributed by atoms with Crippen molar-refractivity contribution in [2.45, 2.75) is 31.3 Å². The lowest BCUT2D eigenvalue weighted by molar-refractivity contribution is -0.236. The molecule has 25 heavy (non-hydrogen) atoms. The lowest BCUT2D eigenvalue weighted by Crippen LogP contribution is -2.56. The molecule has 1 amide bonds. The average Bonchev–Trinajstić information content (AvgIpc) is 2.96. The largest absolute Gasteiger partial charge is 0.416 e. The second-order valence-electron chi connectivity index (χ2n) is 6.34. The van der Waals surface area contributed by atoms with Gasteiger partial charge in [0.1, 0.15) is 6.04 Å². The van der Waals surface area contributed by atoms with Crippen molar-refractivity contribution in [3.8, 4) is 0 Å². The van der Waals surface area contributed by atoms with Gasteiger partial charge in [0.15, 0.2) is 6.10 Å². The fourth-order valence-electron chi connectivity index (χ4n) is 3.22. The highest BCUT2D eigenvalue weighted by molar-refractivity contribution is 6.30. The van der Waals surface area contributed by atoms with E-state index in [-0.39, 0.29) is 31.0 Å². The number of hydrazine groups is 1. The number of carbonyl (C=O) groups is 1. The zero-order chi connectivity index (χ0) is 18.2. The monoisotopic (exact) mass is 377 g/mol. The van der Waals surface area contributed by atoms with Crippen LogP contribution in [0.2, 0.25) is 5.02 Å². The van der Waals surface area contributed by atoms with Crippen molar-refractivity contribution in [2.75, 3.05) is 19.7 Å². The third-order valence-electron chi connectivity index (χ3n) is 4.68. The molecule has 2 saturated heterocycles. The second kappa shape index (κ2) is 7.11. The number of morpholine rings is 1. The van der Waals surface area contributed by atoms with Crippen molar-refractivity contribution >= 4 is 17.5 Å². The summed E-state index contributed by atoms with van der Waals surface area (Å²) in [5.74, 6) is -0.491. The van der Waals surface area contributed by atoms with Gasteiger partial charge in [0.2, 0.25) is 5.91 Å². The number of hydrogen-bond acceptors (Lipinski definition) is 4. The lowest BCUT2D eigenvalue weighted by Gasteiger charge is -2.35. The number of benzene rings is 1. The van der Waals surface area contributed by atoms with E-state index < -0.39 is 24.9 Å². The van der Waals surface area contributed by atoms with Gasteiger partial charge in [-0.05, 0) is 17.7 Å². The summed E-state index contributed by atoms with van der Waals surface area (Å²) in [4.78, 5) is 13.9. The summed E-state index contributed by atoms with van der Waals surface area (Å²) in [6.45, 7) is 1.45. The van der Waals surface area contributed by atoms with Crippen molar-refractivity contribution < 1.29 is 22.7 Å². The Morgan fingerprint density at radius 1 is 1.28 bits per heavy atom. The zero-order valence-electron chi connectivity index (χ0n) is 13.5. The van der Waals surface area contributed by atoms with Gasteiger partial charge in [-0.2, -0.15) is 13.2 Å². The van der Waals surface area contributed by atoms with Crippen molar-refractivity contribution in [3.05, 3.63) is 34.9 Å². The predicted octanol–water partition coefficient (Wildman–Crippen LogP) is 2.28. The van der Waals surface area contributed by atoms with Crippen LogP contribution in [0.5, 0.6) is 0 Å². The Balaban J connectivity index is 1.68. The van der Waals surface area contributed by atoms with E-state index in [1.807, 2.05) is 19.1 Å². The first-order chi connectivity index (χ1) is 11.8. The fourth-order valence-corrected chi connectivity index (χ4v) is 3.35. The molecule has 2 heterocycles. The molecular formula is C16H19ClF3N3O2. The molecule has 2 aliphatic heterocycles. The quantitative estimate of drug-likeness (QED) is 0.830. The second-order valence-corrected chi connectivity index (χ2v) is 6.78. The Morgan fingerprint density at radius 3 is 2.60 bits per heavy atom. The maximum absolute atomic E-state index is 12.8. The zero-order valence-corrected chi connectivity index (χ0v) is 14.3. The molecule has 0 aliphatic carbocycles. The van der Waals surface area contributed by atoms with Crippen molar-refractivity contribution in [2.24, 2.45) is 5.92 Å². The topological polar surface area (TPSA) is 53.6 Å². The molecule has 3 rings (SSSR count). The number of amides is 1. The predicted molar refractivity (Wildman–Crippen MR) is 85.8 cm³/mol. The molecule has 0 saturated carbocycles. The maximum atomic E-state index is 12.8. The first kappa shape index (κ1) is 18.4. The van der Waals surface area contributed by atoms with Crippen LogP contribution >= 0.6 is 11.6 Å². The molecule has 0 aromatic heterocycles. The number of hydrogen-bond donors (Lipinski definition) is 2. The Labute approximate surface area is 148 Å². The molecule has 0 radical (unpaired) electrons. The van der Waals surface area contributed by atoms with Crippen LogP contribution in [0.4, 0.5) is 13.2 Å². The summed E-state index contributed by atoms with van der Waals surface area (Å²) >= 11 is 5.89. The highest BCUT2D eigenvalue weighted by Gasteiger charge is 2.46. The summed E-state index contributed by atoms with van der Waals surface area (Å²) in [5, 5.41) is 0.612. The minimum atomic E-state index is -4.47. The van der Waals surface area contributed by atoms with Gasteiger partial charge in [-0.25, -0.2) is 10.9 Å². The first-order valence-corrected chi connectivity index (χ1v) is 8.39. The van der Waals surface area contributed by atoms with Gasteiger partial charge >= 0.3 is 6.18 Å². The van der Waals surface area contributed by atoms with E-state index in [2.05, 4.69) is 10.9 Å². The van der Waals surface area contributed by atoms with Crippen LogP contribution in [0, 0.1) is 5.92 Å². The highest BCUT2D eigenvalue weighted by atomic mass is 35.5. The standard InChI is InChI=1S/C16H19ClF3N3O2/c1-9-13(10-2-4-11(17)5-3-10)21-22-14(9)15(24)23-6-7-25-12(8-23)16(18,19)20/h2-5,9,12-14,21-22H,6-8H2,1H3. The summed E-state index contributed by atoms with van der Waals surface area (Å²) in [6.07, 6.45) is -6.40. The Bertz CT molecular complexity index is 626. The molecule has 0 spiro atoms. The molecule has 138 valence electrons. The molecule has 1 aromatic rings. The van der Waals surface area contributed by atoms with E-state index in [0.717, 1.165) is 5.56 Å². The van der Waals surface area contributed by atoms with E-state index >= 15 is 0 Å². The molecule has 4 atom stereocenters. The average molecular weight is 378 g/mol. The van der Waals surface area contributed by atoms with Crippen LogP contribution in [-0.2, 0) is 9.53 Å². The fraction of sp³-hybridized carbons (Fsp3) is 0.562. The smallest absolute Gasteiger partial charge is 0.365 e. The van der Waals surface area contributed by atoms with Crippen LogP contribution in [-0.4, -0.2) is 48.8 Å². The van der Waals surface area contributed by atoms with E-state index in [1.165, 1.54) is 4.90 Å². The van der Waals surface area contributed by atoms with Crippen molar-refractivity contribution in [1.82, 2.24) is 15.8 Å². The first-order valence-electron chi connectivity index (χ1n) is 8.01. The molecule has 4 unspecified atom stereocenters. The molecule has 2 N–H and O–H groups in total. The third kappa shape index (κ3) is 3.92. The number of rotatable bonds is 2. The lowest BCUT2D eigenvalue weighted by atomic mass is 9.90. The molecule has 2 fully saturated rings. The van der Waals surface area contributed by atoms with Crippen LogP contribution in [0.25, 0.3) is 0 Å². The highest BCUT2D eigenvalue weighted by Crippen LogP contribution is 2.31. The van der Waals surface area contributed by atoms with Crippen LogP contribution < -0.4 is 10.9 Å².